The van der Waals surface area contributed by atoms with Gasteiger partial charge in [-0.3, -0.25) is 0 Å². The standard InChI is InChI=1S/C14H13Cl2NO/c1-9-2-3-10(8-17)6-14(9)18-11-4-5-12(15)13(16)7-11/h2-7H,8,17H2,1H3. The summed E-state index contributed by atoms with van der Waals surface area (Å²) in [5.41, 5.74) is 7.68. The zero-order valence-corrected chi connectivity index (χ0v) is 11.4. The molecule has 0 aliphatic rings. The van der Waals surface area contributed by atoms with E-state index in [1.54, 1.807) is 18.2 Å². The van der Waals surface area contributed by atoms with Gasteiger partial charge in [0.15, 0.2) is 0 Å². The quantitative estimate of drug-likeness (QED) is 0.896. The largest absolute Gasteiger partial charge is 0.457 e. The Hall–Kier alpha value is -1.22. The number of benzene rings is 2. The molecule has 4 heteroatoms. The smallest absolute Gasteiger partial charge is 0.130 e. The Morgan fingerprint density at radius 1 is 1.06 bits per heavy atom. The maximum absolute atomic E-state index is 5.95. The molecule has 0 heterocycles. The van der Waals surface area contributed by atoms with Gasteiger partial charge in [0.2, 0.25) is 0 Å². The molecule has 0 aromatic heterocycles. The molecule has 0 fully saturated rings. The molecule has 0 radical (unpaired) electrons. The zero-order valence-electron chi connectivity index (χ0n) is 9.91. The van der Waals surface area contributed by atoms with Crippen LogP contribution in [0.1, 0.15) is 11.1 Å². The van der Waals surface area contributed by atoms with Gasteiger partial charge in [-0.05, 0) is 36.2 Å². The Morgan fingerprint density at radius 3 is 2.50 bits per heavy atom. The van der Waals surface area contributed by atoms with Crippen LogP contribution in [0, 0.1) is 6.92 Å². The van der Waals surface area contributed by atoms with Crippen molar-refractivity contribution in [3.8, 4) is 11.5 Å². The minimum atomic E-state index is 0.474. The fourth-order valence-corrected chi connectivity index (χ4v) is 1.84. The molecule has 2 nitrogen and oxygen atoms in total. The van der Waals surface area contributed by atoms with Crippen LogP contribution in [0.4, 0.5) is 0 Å². The van der Waals surface area contributed by atoms with E-state index in [-0.39, 0.29) is 0 Å². The van der Waals surface area contributed by atoms with E-state index >= 15 is 0 Å². The molecule has 0 saturated carbocycles. The maximum atomic E-state index is 5.95. The average molecular weight is 282 g/mol. The second-order valence-corrected chi connectivity index (χ2v) is 4.80. The molecule has 0 atom stereocenters. The lowest BCUT2D eigenvalue weighted by atomic mass is 10.1. The van der Waals surface area contributed by atoms with Gasteiger partial charge in [-0.25, -0.2) is 0 Å². The van der Waals surface area contributed by atoms with Crippen molar-refractivity contribution in [2.45, 2.75) is 13.5 Å². The van der Waals surface area contributed by atoms with Crippen molar-refractivity contribution in [1.82, 2.24) is 0 Å². The van der Waals surface area contributed by atoms with Crippen molar-refractivity contribution in [3.05, 3.63) is 57.6 Å². The number of hydrogen-bond acceptors (Lipinski definition) is 2. The molecule has 0 aliphatic carbocycles. The Kier molecular flexibility index (Phi) is 4.12. The molecular formula is C14H13Cl2NO. The summed E-state index contributed by atoms with van der Waals surface area (Å²) >= 11 is 11.8. The third-order valence-corrected chi connectivity index (χ3v) is 3.35. The molecule has 0 bridgehead atoms. The first kappa shape index (κ1) is 13.2. The van der Waals surface area contributed by atoms with E-state index in [0.29, 0.717) is 22.3 Å². The molecule has 94 valence electrons. The van der Waals surface area contributed by atoms with Gasteiger partial charge in [-0.15, -0.1) is 0 Å². The highest BCUT2D eigenvalue weighted by Gasteiger charge is 2.05. The predicted octanol–water partition coefficient (Wildman–Crippen LogP) is 4.55. The summed E-state index contributed by atoms with van der Waals surface area (Å²) in [6, 6.07) is 11.1. The monoisotopic (exact) mass is 281 g/mol. The zero-order chi connectivity index (χ0) is 13.1. The summed E-state index contributed by atoms with van der Waals surface area (Å²) in [5, 5.41) is 0.984. The summed E-state index contributed by atoms with van der Waals surface area (Å²) in [5.74, 6) is 1.43. The maximum Gasteiger partial charge on any atom is 0.130 e. The second kappa shape index (κ2) is 5.61. The number of aryl methyl sites for hydroxylation is 1. The van der Waals surface area contributed by atoms with Crippen molar-refractivity contribution < 1.29 is 4.74 Å². The van der Waals surface area contributed by atoms with Crippen LogP contribution in [0.2, 0.25) is 10.0 Å². The summed E-state index contributed by atoms with van der Waals surface area (Å²) in [7, 11) is 0. The molecule has 2 aromatic carbocycles. The van der Waals surface area contributed by atoms with Crippen LogP contribution in [-0.2, 0) is 6.54 Å². The van der Waals surface area contributed by atoms with E-state index in [4.69, 9.17) is 33.7 Å². The van der Waals surface area contributed by atoms with Gasteiger partial charge >= 0.3 is 0 Å². The highest BCUT2D eigenvalue weighted by atomic mass is 35.5. The van der Waals surface area contributed by atoms with Crippen molar-refractivity contribution in [2.75, 3.05) is 0 Å². The third kappa shape index (κ3) is 2.96. The number of rotatable bonds is 3. The number of hydrogen-bond donors (Lipinski definition) is 1. The van der Waals surface area contributed by atoms with Crippen LogP contribution >= 0.6 is 23.2 Å². The SMILES string of the molecule is Cc1ccc(CN)cc1Oc1ccc(Cl)c(Cl)c1. The van der Waals surface area contributed by atoms with Gasteiger partial charge in [0.05, 0.1) is 10.0 Å². The highest BCUT2D eigenvalue weighted by molar-refractivity contribution is 6.42. The van der Waals surface area contributed by atoms with E-state index in [9.17, 15) is 0 Å². The third-order valence-electron chi connectivity index (χ3n) is 2.61. The van der Waals surface area contributed by atoms with Gasteiger partial charge in [-0.1, -0.05) is 35.3 Å². The molecule has 0 spiro atoms. The van der Waals surface area contributed by atoms with Gasteiger partial charge in [0, 0.05) is 12.6 Å². The predicted molar refractivity (Wildman–Crippen MR) is 75.6 cm³/mol. The number of nitrogens with two attached hydrogens (primary N) is 1. The van der Waals surface area contributed by atoms with E-state index in [2.05, 4.69) is 0 Å². The topological polar surface area (TPSA) is 35.2 Å². The van der Waals surface area contributed by atoms with Gasteiger partial charge in [0.1, 0.15) is 11.5 Å². The molecule has 2 rings (SSSR count). The highest BCUT2D eigenvalue weighted by Crippen LogP contribution is 2.31. The first-order valence-corrected chi connectivity index (χ1v) is 6.28. The molecule has 0 amide bonds. The van der Waals surface area contributed by atoms with Crippen molar-refractivity contribution in [2.24, 2.45) is 5.73 Å². The number of halogens is 2. The van der Waals surface area contributed by atoms with Crippen LogP contribution in [0.15, 0.2) is 36.4 Å². The second-order valence-electron chi connectivity index (χ2n) is 3.98. The molecule has 2 N–H and O–H groups in total. The van der Waals surface area contributed by atoms with Crippen molar-refractivity contribution >= 4 is 23.2 Å². The van der Waals surface area contributed by atoms with E-state index in [0.717, 1.165) is 16.9 Å². The minimum absolute atomic E-state index is 0.474. The summed E-state index contributed by atoms with van der Waals surface area (Å²) in [4.78, 5) is 0. The van der Waals surface area contributed by atoms with E-state index in [1.165, 1.54) is 0 Å². The average Bonchev–Trinajstić information content (AvgIpc) is 2.36. The lowest BCUT2D eigenvalue weighted by Crippen LogP contribution is -1.97. The molecular weight excluding hydrogens is 269 g/mol. The normalized spacial score (nSPS) is 10.4. The molecule has 0 aliphatic heterocycles. The van der Waals surface area contributed by atoms with Crippen molar-refractivity contribution in [3.63, 3.8) is 0 Å². The minimum Gasteiger partial charge on any atom is -0.457 e. The molecule has 2 aromatic rings. The van der Waals surface area contributed by atoms with E-state index < -0.39 is 0 Å². The fraction of sp³-hybridized carbons (Fsp3) is 0.143. The molecule has 18 heavy (non-hydrogen) atoms. The van der Waals surface area contributed by atoms with Crippen LogP contribution < -0.4 is 10.5 Å². The van der Waals surface area contributed by atoms with Crippen LogP contribution in [0.25, 0.3) is 0 Å². The summed E-state index contributed by atoms with van der Waals surface area (Å²) in [6.45, 7) is 2.46. The van der Waals surface area contributed by atoms with E-state index in [1.807, 2.05) is 25.1 Å². The van der Waals surface area contributed by atoms with Gasteiger partial charge in [0.25, 0.3) is 0 Å². The van der Waals surface area contributed by atoms with Crippen molar-refractivity contribution in [1.29, 1.82) is 0 Å². The van der Waals surface area contributed by atoms with Crippen LogP contribution in [0.5, 0.6) is 11.5 Å². The first-order valence-electron chi connectivity index (χ1n) is 5.52. The van der Waals surface area contributed by atoms with Crippen LogP contribution in [0.3, 0.4) is 0 Å². The fourth-order valence-electron chi connectivity index (χ4n) is 1.55. The Morgan fingerprint density at radius 2 is 1.83 bits per heavy atom. The Balaban J connectivity index is 2.30. The Bertz CT molecular complexity index is 570. The summed E-state index contributed by atoms with van der Waals surface area (Å²) in [6.07, 6.45) is 0. The van der Waals surface area contributed by atoms with Gasteiger partial charge < -0.3 is 10.5 Å². The first-order chi connectivity index (χ1) is 8.60. The molecule has 0 unspecified atom stereocenters. The lowest BCUT2D eigenvalue weighted by molar-refractivity contribution is 0.478. The molecule has 0 saturated heterocycles. The lowest BCUT2D eigenvalue weighted by Gasteiger charge is -2.10. The Labute approximate surface area is 116 Å². The van der Waals surface area contributed by atoms with Crippen LogP contribution in [-0.4, -0.2) is 0 Å². The van der Waals surface area contributed by atoms with Gasteiger partial charge in [-0.2, -0.15) is 0 Å². The number of ether oxygens (including phenoxy) is 1. The summed E-state index contributed by atoms with van der Waals surface area (Å²) < 4.78 is 5.79.